The summed E-state index contributed by atoms with van der Waals surface area (Å²) in [6, 6.07) is 21.8. The summed E-state index contributed by atoms with van der Waals surface area (Å²) in [5.74, 6) is -0.228. The van der Waals surface area contributed by atoms with Crippen LogP contribution in [0.4, 0.5) is 17.1 Å². The van der Waals surface area contributed by atoms with Crippen molar-refractivity contribution in [1.82, 2.24) is 0 Å². The third-order valence-electron chi connectivity index (χ3n) is 7.84. The van der Waals surface area contributed by atoms with Gasteiger partial charge in [0, 0.05) is 44.0 Å². The molecule has 0 N–H and O–H groups in total. The Morgan fingerprint density at radius 1 is 0.927 bits per heavy atom. The van der Waals surface area contributed by atoms with Gasteiger partial charge < -0.3 is 14.5 Å². The molecule has 0 aliphatic heterocycles. The summed E-state index contributed by atoms with van der Waals surface area (Å²) in [4.78, 5) is 33.7. The van der Waals surface area contributed by atoms with Gasteiger partial charge in [-0.05, 0) is 78.3 Å². The number of hydrogen-bond donors (Lipinski definition) is 0. The van der Waals surface area contributed by atoms with Crippen LogP contribution in [0.3, 0.4) is 0 Å². The van der Waals surface area contributed by atoms with Crippen LogP contribution >= 0.6 is 0 Å². The summed E-state index contributed by atoms with van der Waals surface area (Å²) in [6.07, 6.45) is 10.2. The van der Waals surface area contributed by atoms with E-state index >= 15 is 0 Å². The molecule has 3 aromatic rings. The highest BCUT2D eigenvalue weighted by Crippen LogP contribution is 2.34. The smallest absolute Gasteiger partial charge is 0.331 e. The van der Waals surface area contributed by atoms with Crippen molar-refractivity contribution >= 4 is 35.0 Å². The number of esters is 1. The van der Waals surface area contributed by atoms with Gasteiger partial charge in [0.2, 0.25) is 5.91 Å². The standard InChI is InChI=1S/C35H37N3O3/c1-36-33-23-26(12-20-32(33)27-14-16-29(17-15-27)37(2)3)24-38(35(40)28-9-5-4-6-10-28)30-11-7-8-25(22-30)13-21-34(39)41-31-18-19-31/h7-8,11-17,20-23,28,31H,4-6,9-10,18-19,24H2,2-3H3/b21-13+. The molecule has 210 valence electrons. The lowest BCUT2D eigenvalue weighted by Gasteiger charge is -2.30. The Balaban J connectivity index is 1.42. The SMILES string of the molecule is [C-]#[N+]c1cc(CN(C(=O)C2CCCCC2)c2cccc(/C=C/C(=O)OC3CC3)c2)ccc1-c1ccc(N(C)C)cc1. The molecule has 6 heteroatoms. The number of ether oxygens (including phenoxy) is 1. The minimum absolute atomic E-state index is 0.00807. The van der Waals surface area contributed by atoms with Crippen molar-refractivity contribution in [3.63, 3.8) is 0 Å². The lowest BCUT2D eigenvalue weighted by Crippen LogP contribution is -2.36. The lowest BCUT2D eigenvalue weighted by molar-refractivity contribution is -0.138. The molecule has 0 saturated heterocycles. The van der Waals surface area contributed by atoms with Crippen LogP contribution in [-0.2, 0) is 20.9 Å². The van der Waals surface area contributed by atoms with E-state index in [1.54, 1.807) is 6.08 Å². The maximum Gasteiger partial charge on any atom is 0.331 e. The van der Waals surface area contributed by atoms with Crippen LogP contribution in [0.2, 0.25) is 0 Å². The topological polar surface area (TPSA) is 54.2 Å². The summed E-state index contributed by atoms with van der Waals surface area (Å²) in [7, 11) is 4.01. The summed E-state index contributed by atoms with van der Waals surface area (Å²) in [5.41, 5.74) is 6.05. The van der Waals surface area contributed by atoms with Crippen molar-refractivity contribution in [3.8, 4) is 11.1 Å². The summed E-state index contributed by atoms with van der Waals surface area (Å²) in [6.45, 7) is 8.25. The first-order valence-corrected chi connectivity index (χ1v) is 14.5. The van der Waals surface area contributed by atoms with Crippen molar-refractivity contribution < 1.29 is 14.3 Å². The van der Waals surface area contributed by atoms with Crippen molar-refractivity contribution in [2.24, 2.45) is 5.92 Å². The minimum Gasteiger partial charge on any atom is -0.459 e. The first-order chi connectivity index (χ1) is 19.9. The summed E-state index contributed by atoms with van der Waals surface area (Å²) in [5, 5.41) is 0. The molecule has 2 aliphatic rings. The van der Waals surface area contributed by atoms with Crippen LogP contribution in [0.1, 0.15) is 56.1 Å². The highest BCUT2D eigenvalue weighted by molar-refractivity contribution is 5.96. The second-order valence-electron chi connectivity index (χ2n) is 11.2. The highest BCUT2D eigenvalue weighted by atomic mass is 16.5. The average molecular weight is 548 g/mol. The molecule has 3 aromatic carbocycles. The third-order valence-corrected chi connectivity index (χ3v) is 7.84. The fraction of sp³-hybridized carbons (Fsp3) is 0.343. The van der Waals surface area contributed by atoms with Gasteiger partial charge in [-0.2, -0.15) is 0 Å². The first-order valence-electron chi connectivity index (χ1n) is 14.5. The maximum absolute atomic E-state index is 13.9. The lowest BCUT2D eigenvalue weighted by atomic mass is 9.88. The molecule has 0 radical (unpaired) electrons. The molecule has 0 heterocycles. The van der Waals surface area contributed by atoms with E-state index in [1.807, 2.05) is 78.5 Å². The number of benzene rings is 3. The Bertz CT molecular complexity index is 1460. The average Bonchev–Trinajstić information content (AvgIpc) is 3.83. The van der Waals surface area contributed by atoms with Crippen molar-refractivity contribution in [2.45, 2.75) is 57.6 Å². The number of carbonyl (C=O) groups is 2. The van der Waals surface area contributed by atoms with Crippen LogP contribution in [0.5, 0.6) is 0 Å². The van der Waals surface area contributed by atoms with E-state index in [0.717, 1.165) is 72.2 Å². The van der Waals surface area contributed by atoms with Gasteiger partial charge in [0.25, 0.3) is 0 Å². The second kappa shape index (κ2) is 12.9. The number of rotatable bonds is 9. The van der Waals surface area contributed by atoms with E-state index in [1.165, 1.54) is 12.5 Å². The van der Waals surface area contributed by atoms with Crippen LogP contribution in [0, 0.1) is 12.5 Å². The Hall–Kier alpha value is -4.37. The molecule has 0 spiro atoms. The molecule has 1 amide bonds. The van der Waals surface area contributed by atoms with E-state index in [0.29, 0.717) is 12.2 Å². The fourth-order valence-electron chi connectivity index (χ4n) is 5.35. The van der Waals surface area contributed by atoms with Gasteiger partial charge in [0.1, 0.15) is 6.10 Å². The van der Waals surface area contributed by atoms with E-state index in [-0.39, 0.29) is 23.9 Å². The largest absolute Gasteiger partial charge is 0.459 e. The molecule has 6 nitrogen and oxygen atoms in total. The number of carbonyl (C=O) groups excluding carboxylic acids is 2. The zero-order valence-corrected chi connectivity index (χ0v) is 23.9. The fourth-order valence-corrected chi connectivity index (χ4v) is 5.35. The molecule has 2 fully saturated rings. The van der Waals surface area contributed by atoms with Gasteiger partial charge in [-0.3, -0.25) is 4.79 Å². The molecule has 0 aromatic heterocycles. The number of nitrogens with zero attached hydrogens (tertiary/aromatic N) is 3. The van der Waals surface area contributed by atoms with E-state index in [2.05, 4.69) is 17.0 Å². The van der Waals surface area contributed by atoms with Crippen molar-refractivity contribution in [1.29, 1.82) is 0 Å². The molecule has 2 aliphatic carbocycles. The van der Waals surface area contributed by atoms with Gasteiger partial charge >= 0.3 is 5.97 Å². The summed E-state index contributed by atoms with van der Waals surface area (Å²) >= 11 is 0. The van der Waals surface area contributed by atoms with Crippen LogP contribution in [0.15, 0.2) is 72.8 Å². The zero-order valence-electron chi connectivity index (χ0n) is 23.9. The van der Waals surface area contributed by atoms with Crippen LogP contribution < -0.4 is 9.80 Å². The Labute approximate surface area is 243 Å². The van der Waals surface area contributed by atoms with E-state index < -0.39 is 0 Å². The molecule has 2 saturated carbocycles. The quantitative estimate of drug-likeness (QED) is 0.156. The molecular weight excluding hydrogens is 510 g/mol. The van der Waals surface area contributed by atoms with Gasteiger partial charge in [0.05, 0.1) is 6.57 Å². The molecule has 0 atom stereocenters. The Morgan fingerprint density at radius 3 is 2.37 bits per heavy atom. The predicted octanol–water partition coefficient (Wildman–Crippen LogP) is 7.80. The van der Waals surface area contributed by atoms with Gasteiger partial charge in [-0.15, -0.1) is 0 Å². The van der Waals surface area contributed by atoms with E-state index in [4.69, 9.17) is 11.3 Å². The molecule has 5 rings (SSSR count). The number of amides is 1. The van der Waals surface area contributed by atoms with E-state index in [9.17, 15) is 9.59 Å². The summed E-state index contributed by atoms with van der Waals surface area (Å²) < 4.78 is 5.32. The van der Waals surface area contributed by atoms with Gasteiger partial charge in [-0.1, -0.05) is 61.7 Å². The Kier molecular flexibility index (Phi) is 8.84. The van der Waals surface area contributed by atoms with Crippen molar-refractivity contribution in [2.75, 3.05) is 23.9 Å². The maximum atomic E-state index is 13.9. The molecule has 0 unspecified atom stereocenters. The Morgan fingerprint density at radius 2 is 1.68 bits per heavy atom. The van der Waals surface area contributed by atoms with Crippen molar-refractivity contribution in [3.05, 3.63) is 95.4 Å². The third kappa shape index (κ3) is 7.24. The number of anilines is 2. The monoisotopic (exact) mass is 547 g/mol. The molecular formula is C35H37N3O3. The predicted molar refractivity (Wildman–Crippen MR) is 165 cm³/mol. The second-order valence-corrected chi connectivity index (χ2v) is 11.2. The van der Waals surface area contributed by atoms with Gasteiger partial charge in [-0.25, -0.2) is 9.64 Å². The highest BCUT2D eigenvalue weighted by Gasteiger charge is 2.28. The molecule has 0 bridgehead atoms. The first kappa shape index (κ1) is 28.2. The zero-order chi connectivity index (χ0) is 28.8. The normalized spacial score (nSPS) is 15.3. The minimum atomic E-state index is -0.337. The van der Waals surface area contributed by atoms with Crippen LogP contribution in [-0.4, -0.2) is 32.1 Å². The number of hydrogen-bond acceptors (Lipinski definition) is 4. The molecule has 41 heavy (non-hydrogen) atoms. The van der Waals surface area contributed by atoms with Crippen LogP contribution in [0.25, 0.3) is 22.0 Å². The van der Waals surface area contributed by atoms with Gasteiger partial charge in [0.15, 0.2) is 5.69 Å².